The maximum absolute atomic E-state index is 12.9. The van der Waals surface area contributed by atoms with Crippen LogP contribution in [0.5, 0.6) is 0 Å². The molecule has 0 bridgehead atoms. The van der Waals surface area contributed by atoms with E-state index in [9.17, 15) is 19.2 Å². The highest BCUT2D eigenvalue weighted by Crippen LogP contribution is 2.06. The summed E-state index contributed by atoms with van der Waals surface area (Å²) in [6.07, 6.45) is 2.18. The number of ether oxygens (including phenoxy) is 2. The van der Waals surface area contributed by atoms with E-state index in [0.717, 1.165) is 23.3 Å². The average Bonchev–Trinajstić information content (AvgIpc) is 2.82. The van der Waals surface area contributed by atoms with Crippen molar-refractivity contribution in [1.82, 2.24) is 10.6 Å². The number of hydrogen-bond acceptors (Lipinski definition) is 6. The van der Waals surface area contributed by atoms with E-state index in [0.29, 0.717) is 0 Å². The van der Waals surface area contributed by atoms with E-state index in [2.05, 4.69) is 10.6 Å². The van der Waals surface area contributed by atoms with Crippen LogP contribution in [-0.4, -0.2) is 42.4 Å². The minimum atomic E-state index is -0.976. The lowest BCUT2D eigenvalue weighted by atomic mass is 10.0. The van der Waals surface area contributed by atoms with Crippen LogP contribution in [0.4, 0.5) is 0 Å². The maximum Gasteiger partial charge on any atom is 0.330 e. The van der Waals surface area contributed by atoms with E-state index in [-0.39, 0.29) is 19.6 Å². The zero-order valence-electron chi connectivity index (χ0n) is 18.7. The number of rotatable bonds is 11. The van der Waals surface area contributed by atoms with Crippen molar-refractivity contribution >= 4 is 23.8 Å². The van der Waals surface area contributed by atoms with E-state index < -0.39 is 35.8 Å². The van der Waals surface area contributed by atoms with E-state index in [1.807, 2.05) is 60.7 Å². The topological polar surface area (TPSA) is 111 Å². The first-order chi connectivity index (χ1) is 15.9. The molecule has 0 aliphatic rings. The Morgan fingerprint density at radius 3 is 2.06 bits per heavy atom. The Hall–Kier alpha value is -3.94. The molecule has 2 aromatic rings. The molecule has 0 aromatic heterocycles. The Balaban J connectivity index is 2.00. The van der Waals surface area contributed by atoms with Gasteiger partial charge in [0, 0.05) is 18.6 Å². The Morgan fingerprint density at radius 2 is 1.45 bits per heavy atom. The summed E-state index contributed by atoms with van der Waals surface area (Å²) in [6, 6.07) is 16.4. The zero-order chi connectivity index (χ0) is 24.1. The molecule has 8 heteroatoms. The standard InChI is InChI=1S/C25H28N2O6/c1-3-32-23(29)15-14-22(28)27-21(16-19-10-6-4-7-11-19)24(30)26-18(2)25(31)33-17-20-12-8-5-9-13-20/h4-15,18,21H,3,16-17H2,1-2H3,(H,26,30)(H,27,28)/b15-14-/t18-,21-/m0/s1. The van der Waals surface area contributed by atoms with Crippen LogP contribution in [0.3, 0.4) is 0 Å². The van der Waals surface area contributed by atoms with Gasteiger partial charge in [-0.3, -0.25) is 9.59 Å². The lowest BCUT2D eigenvalue weighted by Gasteiger charge is -2.20. The molecule has 0 radical (unpaired) electrons. The van der Waals surface area contributed by atoms with Gasteiger partial charge in [0.05, 0.1) is 6.61 Å². The minimum Gasteiger partial charge on any atom is -0.463 e. The molecule has 0 saturated carbocycles. The molecule has 0 heterocycles. The van der Waals surface area contributed by atoms with Gasteiger partial charge < -0.3 is 20.1 Å². The molecule has 2 atom stereocenters. The molecule has 174 valence electrons. The monoisotopic (exact) mass is 452 g/mol. The molecule has 2 rings (SSSR count). The first-order valence-electron chi connectivity index (χ1n) is 10.6. The lowest BCUT2D eigenvalue weighted by Crippen LogP contribution is -2.51. The van der Waals surface area contributed by atoms with Crippen molar-refractivity contribution in [2.45, 2.75) is 39.0 Å². The molecule has 0 aliphatic heterocycles. The number of benzene rings is 2. The summed E-state index contributed by atoms with van der Waals surface area (Å²) >= 11 is 0. The maximum atomic E-state index is 12.9. The third-order valence-electron chi connectivity index (χ3n) is 4.51. The SMILES string of the molecule is CCOC(=O)/C=C\C(=O)N[C@@H](Cc1ccccc1)C(=O)N[C@@H](C)C(=O)OCc1ccccc1. The Kier molecular flexibility index (Phi) is 10.3. The van der Waals surface area contributed by atoms with Crippen molar-refractivity contribution in [3.8, 4) is 0 Å². The second kappa shape index (κ2) is 13.5. The van der Waals surface area contributed by atoms with Gasteiger partial charge in [-0.05, 0) is 25.0 Å². The molecule has 0 unspecified atom stereocenters. The average molecular weight is 453 g/mol. The molecule has 2 amide bonds. The number of carbonyl (C=O) groups excluding carboxylic acids is 4. The molecular weight excluding hydrogens is 424 g/mol. The van der Waals surface area contributed by atoms with Gasteiger partial charge in [-0.15, -0.1) is 0 Å². The van der Waals surface area contributed by atoms with Gasteiger partial charge in [0.25, 0.3) is 0 Å². The summed E-state index contributed by atoms with van der Waals surface area (Å²) in [4.78, 5) is 48.9. The van der Waals surface area contributed by atoms with Gasteiger partial charge >= 0.3 is 11.9 Å². The van der Waals surface area contributed by atoms with Crippen LogP contribution in [0.1, 0.15) is 25.0 Å². The van der Waals surface area contributed by atoms with E-state index in [1.54, 1.807) is 6.92 Å². The third-order valence-corrected chi connectivity index (χ3v) is 4.51. The summed E-state index contributed by atoms with van der Waals surface area (Å²) in [5.74, 6) is -2.45. The highest BCUT2D eigenvalue weighted by atomic mass is 16.5. The van der Waals surface area contributed by atoms with Crippen molar-refractivity contribution < 1.29 is 28.7 Å². The fourth-order valence-corrected chi connectivity index (χ4v) is 2.84. The van der Waals surface area contributed by atoms with Crippen LogP contribution in [0.2, 0.25) is 0 Å². The summed E-state index contributed by atoms with van der Waals surface area (Å²) in [6.45, 7) is 3.43. The van der Waals surface area contributed by atoms with Crippen LogP contribution in [-0.2, 0) is 41.7 Å². The first kappa shape index (κ1) is 25.3. The summed E-state index contributed by atoms with van der Waals surface area (Å²) in [7, 11) is 0. The van der Waals surface area contributed by atoms with E-state index in [1.165, 1.54) is 6.92 Å². The van der Waals surface area contributed by atoms with Gasteiger partial charge in [0.2, 0.25) is 11.8 Å². The molecular formula is C25H28N2O6. The normalized spacial score (nSPS) is 12.4. The molecule has 33 heavy (non-hydrogen) atoms. The third kappa shape index (κ3) is 9.39. The van der Waals surface area contributed by atoms with Crippen LogP contribution in [0.25, 0.3) is 0 Å². The Morgan fingerprint density at radius 1 is 0.848 bits per heavy atom. The molecule has 2 aromatic carbocycles. The number of amides is 2. The fourth-order valence-electron chi connectivity index (χ4n) is 2.84. The molecule has 0 aliphatic carbocycles. The van der Waals surface area contributed by atoms with Gasteiger partial charge in [0.15, 0.2) is 0 Å². The van der Waals surface area contributed by atoms with E-state index >= 15 is 0 Å². The first-order valence-corrected chi connectivity index (χ1v) is 10.6. The molecule has 2 N–H and O–H groups in total. The lowest BCUT2D eigenvalue weighted by molar-refractivity contribution is -0.148. The highest BCUT2D eigenvalue weighted by molar-refractivity contribution is 5.97. The second-order valence-electron chi connectivity index (χ2n) is 7.16. The van der Waals surface area contributed by atoms with Gasteiger partial charge in [0.1, 0.15) is 18.7 Å². The predicted octanol–water partition coefficient (Wildman–Crippen LogP) is 2.08. The fraction of sp³-hybridized carbons (Fsp3) is 0.280. The quantitative estimate of drug-likeness (QED) is 0.399. The largest absolute Gasteiger partial charge is 0.463 e. The van der Waals surface area contributed by atoms with Gasteiger partial charge in [-0.2, -0.15) is 0 Å². The van der Waals surface area contributed by atoms with Gasteiger partial charge in [-0.1, -0.05) is 60.7 Å². The molecule has 0 saturated heterocycles. The van der Waals surface area contributed by atoms with Crippen molar-refractivity contribution in [3.63, 3.8) is 0 Å². The van der Waals surface area contributed by atoms with Crippen LogP contribution in [0, 0.1) is 0 Å². The summed E-state index contributed by atoms with van der Waals surface area (Å²) in [5, 5.41) is 5.15. The summed E-state index contributed by atoms with van der Waals surface area (Å²) < 4.78 is 9.99. The smallest absolute Gasteiger partial charge is 0.330 e. The number of carbonyl (C=O) groups is 4. The van der Waals surface area contributed by atoms with Crippen molar-refractivity contribution in [2.75, 3.05) is 6.61 Å². The zero-order valence-corrected chi connectivity index (χ0v) is 18.7. The number of nitrogens with one attached hydrogen (secondary N) is 2. The van der Waals surface area contributed by atoms with Crippen molar-refractivity contribution in [3.05, 3.63) is 83.9 Å². The predicted molar refractivity (Wildman–Crippen MR) is 122 cm³/mol. The molecule has 8 nitrogen and oxygen atoms in total. The molecule has 0 spiro atoms. The van der Waals surface area contributed by atoms with Crippen LogP contribution in [0.15, 0.2) is 72.8 Å². The molecule has 0 fully saturated rings. The Bertz CT molecular complexity index is 959. The van der Waals surface area contributed by atoms with Crippen LogP contribution < -0.4 is 10.6 Å². The minimum absolute atomic E-state index is 0.0860. The van der Waals surface area contributed by atoms with Crippen molar-refractivity contribution in [2.24, 2.45) is 0 Å². The van der Waals surface area contributed by atoms with Gasteiger partial charge in [-0.25, -0.2) is 9.59 Å². The van der Waals surface area contributed by atoms with Crippen LogP contribution >= 0.6 is 0 Å². The Labute approximate surface area is 193 Å². The highest BCUT2D eigenvalue weighted by Gasteiger charge is 2.25. The van der Waals surface area contributed by atoms with E-state index in [4.69, 9.17) is 9.47 Å². The second-order valence-corrected chi connectivity index (χ2v) is 7.16. The number of hydrogen-bond donors (Lipinski definition) is 2. The number of esters is 2. The summed E-state index contributed by atoms with van der Waals surface area (Å²) in [5.41, 5.74) is 1.64. The van der Waals surface area contributed by atoms with Crippen molar-refractivity contribution in [1.29, 1.82) is 0 Å².